The number of nitrogens with zero attached hydrogens (tertiary/aromatic N) is 3. The molecule has 1 aromatic carbocycles. The van der Waals surface area contributed by atoms with Gasteiger partial charge in [-0.05, 0) is 12.1 Å². The van der Waals surface area contributed by atoms with Crippen molar-refractivity contribution in [3.63, 3.8) is 0 Å². The summed E-state index contributed by atoms with van der Waals surface area (Å²) < 4.78 is 26.4. The Kier molecular flexibility index (Phi) is 4.93. The molecule has 2 N–H and O–H groups in total. The Morgan fingerprint density at radius 1 is 0.842 bits per heavy atom. The SMILES string of the molecule is C1CNCCN1.Fc1nnc(F)n1-c1ccccc1. The number of benzene rings is 1. The van der Waals surface area contributed by atoms with Crippen LogP contribution in [-0.2, 0) is 0 Å². The number of piperazine rings is 1. The van der Waals surface area contributed by atoms with Crippen LogP contribution in [0, 0.1) is 12.2 Å². The van der Waals surface area contributed by atoms with Crippen LogP contribution in [0.4, 0.5) is 8.78 Å². The highest BCUT2D eigenvalue weighted by atomic mass is 19.1. The first-order chi connectivity index (χ1) is 9.29. The highest BCUT2D eigenvalue weighted by Gasteiger charge is 2.11. The fourth-order valence-electron chi connectivity index (χ4n) is 1.64. The van der Waals surface area contributed by atoms with Crippen molar-refractivity contribution >= 4 is 0 Å². The second kappa shape index (κ2) is 6.91. The summed E-state index contributed by atoms with van der Waals surface area (Å²) in [7, 11) is 0. The van der Waals surface area contributed by atoms with Gasteiger partial charge in [0.1, 0.15) is 0 Å². The number of hydrogen-bond donors (Lipinski definition) is 2. The zero-order chi connectivity index (χ0) is 13.5. The third-order valence-electron chi connectivity index (χ3n) is 2.56. The van der Waals surface area contributed by atoms with E-state index in [1.807, 2.05) is 0 Å². The van der Waals surface area contributed by atoms with Crippen molar-refractivity contribution in [3.8, 4) is 5.69 Å². The van der Waals surface area contributed by atoms with Crippen LogP contribution in [0.2, 0.25) is 0 Å². The number of para-hydroxylation sites is 1. The summed E-state index contributed by atoms with van der Waals surface area (Å²) in [6.45, 7) is 4.56. The molecule has 19 heavy (non-hydrogen) atoms. The molecule has 1 saturated heterocycles. The van der Waals surface area contributed by atoms with Gasteiger partial charge >= 0.3 is 12.2 Å². The molecule has 1 aliphatic rings. The van der Waals surface area contributed by atoms with Gasteiger partial charge in [-0.2, -0.15) is 8.78 Å². The first-order valence-corrected chi connectivity index (χ1v) is 6.02. The first-order valence-electron chi connectivity index (χ1n) is 6.02. The van der Waals surface area contributed by atoms with Crippen molar-refractivity contribution in [2.45, 2.75) is 0 Å². The summed E-state index contributed by atoms with van der Waals surface area (Å²) in [5.74, 6) is 0. The second-order valence-electron chi connectivity index (χ2n) is 3.91. The molecular weight excluding hydrogens is 252 g/mol. The molecule has 7 heteroatoms. The summed E-state index contributed by atoms with van der Waals surface area (Å²) in [4.78, 5) is 0. The molecule has 3 rings (SSSR count). The van der Waals surface area contributed by atoms with Crippen molar-refractivity contribution in [2.75, 3.05) is 26.2 Å². The smallest absolute Gasteiger partial charge is 0.314 e. The minimum Gasteiger partial charge on any atom is -0.314 e. The average Bonchev–Trinajstić information content (AvgIpc) is 2.82. The number of aromatic nitrogens is 3. The maximum atomic E-state index is 12.8. The molecule has 2 heterocycles. The molecule has 0 saturated carbocycles. The van der Waals surface area contributed by atoms with Crippen molar-refractivity contribution in [1.82, 2.24) is 25.4 Å². The summed E-state index contributed by atoms with van der Waals surface area (Å²) in [6, 6.07) is 8.23. The van der Waals surface area contributed by atoms with Crippen molar-refractivity contribution in [3.05, 3.63) is 42.5 Å². The lowest BCUT2D eigenvalue weighted by Crippen LogP contribution is -2.39. The van der Waals surface area contributed by atoms with Crippen LogP contribution in [0.5, 0.6) is 0 Å². The summed E-state index contributed by atoms with van der Waals surface area (Å²) >= 11 is 0. The van der Waals surface area contributed by atoms with E-state index in [0.717, 1.165) is 26.2 Å². The predicted octanol–water partition coefficient (Wildman–Crippen LogP) is 0.725. The van der Waals surface area contributed by atoms with Gasteiger partial charge in [-0.25, -0.2) is 4.57 Å². The maximum absolute atomic E-state index is 12.8. The van der Waals surface area contributed by atoms with Gasteiger partial charge in [0.25, 0.3) is 0 Å². The Bertz CT molecular complexity index is 465. The van der Waals surface area contributed by atoms with Gasteiger partial charge in [-0.1, -0.05) is 28.4 Å². The van der Waals surface area contributed by atoms with Crippen LogP contribution < -0.4 is 10.6 Å². The second-order valence-corrected chi connectivity index (χ2v) is 3.91. The fraction of sp³-hybridized carbons (Fsp3) is 0.333. The third-order valence-corrected chi connectivity index (χ3v) is 2.56. The van der Waals surface area contributed by atoms with E-state index in [4.69, 9.17) is 0 Å². The van der Waals surface area contributed by atoms with Crippen molar-refractivity contribution in [1.29, 1.82) is 0 Å². The summed E-state index contributed by atoms with van der Waals surface area (Å²) in [5, 5.41) is 12.4. The Morgan fingerprint density at radius 2 is 1.32 bits per heavy atom. The minimum absolute atomic E-state index is 0.363. The molecular formula is C12H15F2N5. The Labute approximate surface area is 109 Å². The zero-order valence-electron chi connectivity index (χ0n) is 10.3. The van der Waals surface area contributed by atoms with Crippen LogP contribution in [-0.4, -0.2) is 40.9 Å². The molecule has 0 atom stereocenters. The van der Waals surface area contributed by atoms with E-state index < -0.39 is 12.2 Å². The first kappa shape index (κ1) is 13.6. The van der Waals surface area contributed by atoms with Gasteiger partial charge in [0, 0.05) is 26.2 Å². The van der Waals surface area contributed by atoms with E-state index in [-0.39, 0.29) is 0 Å². The van der Waals surface area contributed by atoms with E-state index >= 15 is 0 Å². The standard InChI is InChI=1S/C8H5F2N3.C4H10N2/c9-7-11-12-8(10)13(7)6-4-2-1-3-5-6;1-2-6-4-3-5-1/h1-5H;5-6H,1-4H2. The molecule has 0 amide bonds. The molecule has 2 aromatic rings. The van der Waals surface area contributed by atoms with E-state index in [0.29, 0.717) is 10.3 Å². The Morgan fingerprint density at radius 3 is 1.74 bits per heavy atom. The van der Waals surface area contributed by atoms with Crippen LogP contribution >= 0.6 is 0 Å². The van der Waals surface area contributed by atoms with Crippen LogP contribution in [0.15, 0.2) is 30.3 Å². The lowest BCUT2D eigenvalue weighted by atomic mass is 10.3. The lowest BCUT2D eigenvalue weighted by molar-refractivity contribution is 0.471. The average molecular weight is 267 g/mol. The van der Waals surface area contributed by atoms with Crippen LogP contribution in [0.25, 0.3) is 5.69 Å². The van der Waals surface area contributed by atoms with Gasteiger partial charge in [-0.15, -0.1) is 0 Å². The fourth-order valence-corrected chi connectivity index (χ4v) is 1.64. The molecule has 1 aliphatic heterocycles. The predicted molar refractivity (Wildman–Crippen MR) is 67.0 cm³/mol. The van der Waals surface area contributed by atoms with Gasteiger partial charge in [0.2, 0.25) is 0 Å². The van der Waals surface area contributed by atoms with Gasteiger partial charge in [-0.3, -0.25) is 0 Å². The van der Waals surface area contributed by atoms with Crippen LogP contribution in [0.1, 0.15) is 0 Å². The molecule has 5 nitrogen and oxygen atoms in total. The van der Waals surface area contributed by atoms with Gasteiger partial charge < -0.3 is 10.6 Å². The summed E-state index contributed by atoms with van der Waals surface area (Å²) in [6.07, 6.45) is -1.91. The third kappa shape index (κ3) is 3.80. The largest absolute Gasteiger partial charge is 0.316 e. The Hall–Kier alpha value is -1.86. The van der Waals surface area contributed by atoms with Gasteiger partial charge in [0.15, 0.2) is 0 Å². The van der Waals surface area contributed by atoms with E-state index in [1.54, 1.807) is 30.3 Å². The highest BCUT2D eigenvalue weighted by Crippen LogP contribution is 2.10. The molecule has 0 aliphatic carbocycles. The molecule has 1 aromatic heterocycles. The molecule has 0 bridgehead atoms. The molecule has 102 valence electrons. The minimum atomic E-state index is -0.955. The topological polar surface area (TPSA) is 54.8 Å². The van der Waals surface area contributed by atoms with Crippen molar-refractivity contribution in [2.24, 2.45) is 0 Å². The number of rotatable bonds is 1. The molecule has 0 radical (unpaired) electrons. The monoisotopic (exact) mass is 267 g/mol. The zero-order valence-corrected chi connectivity index (χ0v) is 10.3. The van der Waals surface area contributed by atoms with Crippen molar-refractivity contribution < 1.29 is 8.78 Å². The lowest BCUT2D eigenvalue weighted by Gasteiger charge is -2.11. The Balaban J connectivity index is 0.000000186. The normalized spacial score (nSPS) is 14.6. The number of halogens is 2. The van der Waals surface area contributed by atoms with Crippen LogP contribution in [0.3, 0.4) is 0 Å². The van der Waals surface area contributed by atoms with E-state index in [1.165, 1.54) is 0 Å². The van der Waals surface area contributed by atoms with Gasteiger partial charge in [0.05, 0.1) is 5.69 Å². The maximum Gasteiger partial charge on any atom is 0.316 e. The molecule has 0 spiro atoms. The van der Waals surface area contributed by atoms with E-state index in [9.17, 15) is 8.78 Å². The quantitative estimate of drug-likeness (QED) is 0.799. The summed E-state index contributed by atoms with van der Waals surface area (Å²) in [5.41, 5.74) is 0.363. The highest BCUT2D eigenvalue weighted by molar-refractivity contribution is 5.30. The molecule has 0 unspecified atom stereocenters. The number of nitrogens with one attached hydrogen (secondary N) is 2. The number of hydrogen-bond acceptors (Lipinski definition) is 4. The van der Waals surface area contributed by atoms with E-state index in [2.05, 4.69) is 20.8 Å². The molecule has 1 fully saturated rings.